The van der Waals surface area contributed by atoms with Crippen molar-refractivity contribution in [1.29, 1.82) is 0 Å². The molecule has 0 saturated carbocycles. The van der Waals surface area contributed by atoms with Crippen LogP contribution in [-0.4, -0.2) is 15.7 Å². The molecule has 0 aliphatic rings. The Labute approximate surface area is 154 Å². The minimum Gasteiger partial charge on any atom is -0.321 e. The lowest BCUT2D eigenvalue weighted by molar-refractivity contribution is 0.102. The van der Waals surface area contributed by atoms with Crippen molar-refractivity contribution in [3.8, 4) is 5.69 Å². The highest BCUT2D eigenvalue weighted by molar-refractivity contribution is 9.11. The molecule has 1 N–H and O–H groups in total. The van der Waals surface area contributed by atoms with Crippen molar-refractivity contribution < 1.29 is 4.79 Å². The number of hydrogen-bond acceptors (Lipinski definition) is 2. The van der Waals surface area contributed by atoms with Gasteiger partial charge in [-0.1, -0.05) is 33.6 Å². The Balaban J connectivity index is 1.81. The van der Waals surface area contributed by atoms with Crippen LogP contribution in [0.4, 0.5) is 5.69 Å². The van der Waals surface area contributed by atoms with Gasteiger partial charge in [0.05, 0.1) is 23.1 Å². The zero-order valence-corrected chi connectivity index (χ0v) is 15.6. The number of anilines is 1. The van der Waals surface area contributed by atoms with Gasteiger partial charge in [0.2, 0.25) is 0 Å². The van der Waals surface area contributed by atoms with E-state index in [0.717, 1.165) is 14.6 Å². The van der Waals surface area contributed by atoms with Gasteiger partial charge in [0.25, 0.3) is 5.91 Å². The molecule has 1 aromatic heterocycles. The Morgan fingerprint density at radius 3 is 2.74 bits per heavy atom. The molecule has 4 nitrogen and oxygen atoms in total. The number of halogens is 3. The number of nitrogens with zero attached hydrogens (tertiary/aromatic N) is 2. The topological polar surface area (TPSA) is 46.9 Å². The number of amides is 1. The standard InChI is InChI=1S/C16H10Br2ClN3O/c17-11-4-5-15(14(18)6-11)21-16(23)10-8-20-22(9-10)13-3-1-2-12(19)7-13/h1-9H,(H,21,23). The van der Waals surface area contributed by atoms with Crippen LogP contribution in [-0.2, 0) is 0 Å². The molecular formula is C16H10Br2ClN3O. The molecule has 0 aliphatic heterocycles. The third-order valence-electron chi connectivity index (χ3n) is 3.10. The van der Waals surface area contributed by atoms with E-state index < -0.39 is 0 Å². The third kappa shape index (κ3) is 3.83. The lowest BCUT2D eigenvalue weighted by Gasteiger charge is -2.06. The first-order chi connectivity index (χ1) is 11.0. The first-order valence-electron chi connectivity index (χ1n) is 6.60. The maximum Gasteiger partial charge on any atom is 0.258 e. The second-order valence-electron chi connectivity index (χ2n) is 4.73. The second kappa shape index (κ2) is 6.86. The van der Waals surface area contributed by atoms with E-state index in [1.807, 2.05) is 30.3 Å². The smallest absolute Gasteiger partial charge is 0.258 e. The first kappa shape index (κ1) is 16.2. The van der Waals surface area contributed by atoms with Gasteiger partial charge in [-0.15, -0.1) is 0 Å². The Hall–Kier alpha value is -1.63. The van der Waals surface area contributed by atoms with Gasteiger partial charge in [-0.25, -0.2) is 4.68 Å². The summed E-state index contributed by atoms with van der Waals surface area (Å²) in [6.45, 7) is 0. The van der Waals surface area contributed by atoms with Crippen molar-refractivity contribution >= 4 is 55.1 Å². The van der Waals surface area contributed by atoms with Crippen LogP contribution in [0.1, 0.15) is 10.4 Å². The molecule has 116 valence electrons. The Morgan fingerprint density at radius 2 is 2.00 bits per heavy atom. The van der Waals surface area contributed by atoms with Gasteiger partial charge in [0, 0.05) is 20.2 Å². The number of nitrogens with one attached hydrogen (secondary N) is 1. The van der Waals surface area contributed by atoms with E-state index in [1.54, 1.807) is 23.0 Å². The number of benzene rings is 2. The molecule has 0 fully saturated rings. The van der Waals surface area contributed by atoms with Gasteiger partial charge in [-0.05, 0) is 52.3 Å². The second-order valence-corrected chi connectivity index (χ2v) is 6.94. The average molecular weight is 456 g/mol. The van der Waals surface area contributed by atoms with Crippen LogP contribution in [0.25, 0.3) is 5.69 Å². The fraction of sp³-hybridized carbons (Fsp3) is 0. The number of carbonyl (C=O) groups is 1. The van der Waals surface area contributed by atoms with Crippen molar-refractivity contribution in [1.82, 2.24) is 9.78 Å². The molecule has 1 amide bonds. The predicted octanol–water partition coefficient (Wildman–Crippen LogP) is 5.30. The van der Waals surface area contributed by atoms with Gasteiger partial charge >= 0.3 is 0 Å². The molecule has 0 aliphatic carbocycles. The summed E-state index contributed by atoms with van der Waals surface area (Å²) in [5.74, 6) is -0.235. The van der Waals surface area contributed by atoms with Crippen molar-refractivity contribution in [2.24, 2.45) is 0 Å². The summed E-state index contributed by atoms with van der Waals surface area (Å²) in [6.07, 6.45) is 3.18. The average Bonchev–Trinajstić information content (AvgIpc) is 3.00. The monoisotopic (exact) mass is 453 g/mol. The van der Waals surface area contributed by atoms with Crippen LogP contribution in [0.3, 0.4) is 0 Å². The van der Waals surface area contributed by atoms with Crippen LogP contribution in [0.2, 0.25) is 5.02 Å². The Bertz CT molecular complexity index is 879. The predicted molar refractivity (Wildman–Crippen MR) is 98.4 cm³/mol. The molecule has 0 unspecified atom stereocenters. The lowest BCUT2D eigenvalue weighted by Crippen LogP contribution is -2.11. The van der Waals surface area contributed by atoms with Crippen LogP contribution >= 0.6 is 43.5 Å². The molecule has 0 bridgehead atoms. The Morgan fingerprint density at radius 1 is 1.17 bits per heavy atom. The van der Waals surface area contributed by atoms with E-state index in [-0.39, 0.29) is 5.91 Å². The molecule has 0 atom stereocenters. The maximum absolute atomic E-state index is 12.3. The van der Waals surface area contributed by atoms with Crippen molar-refractivity contribution in [2.75, 3.05) is 5.32 Å². The highest BCUT2D eigenvalue weighted by Crippen LogP contribution is 2.26. The number of hydrogen-bond donors (Lipinski definition) is 1. The van der Waals surface area contributed by atoms with E-state index in [0.29, 0.717) is 16.3 Å². The van der Waals surface area contributed by atoms with Crippen LogP contribution < -0.4 is 5.32 Å². The molecule has 3 aromatic rings. The van der Waals surface area contributed by atoms with Gasteiger partial charge in [0.15, 0.2) is 0 Å². The summed E-state index contributed by atoms with van der Waals surface area (Å²) < 4.78 is 3.33. The first-order valence-corrected chi connectivity index (χ1v) is 8.56. The van der Waals surface area contributed by atoms with Crippen LogP contribution in [0.5, 0.6) is 0 Å². The SMILES string of the molecule is O=C(Nc1ccc(Br)cc1Br)c1cnn(-c2cccc(Cl)c2)c1. The largest absolute Gasteiger partial charge is 0.321 e. The van der Waals surface area contributed by atoms with E-state index in [4.69, 9.17) is 11.6 Å². The molecular weight excluding hydrogens is 445 g/mol. The summed E-state index contributed by atoms with van der Waals surface area (Å²) in [5, 5.41) is 7.66. The highest BCUT2D eigenvalue weighted by atomic mass is 79.9. The zero-order valence-electron chi connectivity index (χ0n) is 11.6. The van der Waals surface area contributed by atoms with Crippen molar-refractivity contribution in [2.45, 2.75) is 0 Å². The van der Waals surface area contributed by atoms with Gasteiger partial charge in [-0.3, -0.25) is 4.79 Å². The van der Waals surface area contributed by atoms with Crippen LogP contribution in [0, 0.1) is 0 Å². The van der Waals surface area contributed by atoms with Gasteiger partial charge in [0.1, 0.15) is 0 Å². The van der Waals surface area contributed by atoms with E-state index in [2.05, 4.69) is 42.3 Å². The normalized spacial score (nSPS) is 10.6. The molecule has 0 radical (unpaired) electrons. The van der Waals surface area contributed by atoms with E-state index in [1.165, 1.54) is 6.20 Å². The van der Waals surface area contributed by atoms with Gasteiger partial charge < -0.3 is 5.32 Å². The highest BCUT2D eigenvalue weighted by Gasteiger charge is 2.11. The zero-order chi connectivity index (χ0) is 16.4. The minimum absolute atomic E-state index is 0.235. The summed E-state index contributed by atoms with van der Waals surface area (Å²) in [4.78, 5) is 12.3. The maximum atomic E-state index is 12.3. The van der Waals surface area contributed by atoms with E-state index in [9.17, 15) is 4.79 Å². The summed E-state index contributed by atoms with van der Waals surface area (Å²) in [7, 11) is 0. The van der Waals surface area contributed by atoms with Crippen molar-refractivity contribution in [3.63, 3.8) is 0 Å². The quantitative estimate of drug-likeness (QED) is 0.582. The summed E-state index contributed by atoms with van der Waals surface area (Å²) >= 11 is 12.8. The summed E-state index contributed by atoms with van der Waals surface area (Å²) in [6, 6.07) is 12.8. The number of carbonyl (C=O) groups excluding carboxylic acids is 1. The Kier molecular flexibility index (Phi) is 4.84. The van der Waals surface area contributed by atoms with Crippen molar-refractivity contribution in [3.05, 3.63) is 74.4 Å². The summed E-state index contributed by atoms with van der Waals surface area (Å²) in [5.41, 5.74) is 1.94. The fourth-order valence-corrected chi connectivity index (χ4v) is 3.32. The number of rotatable bonds is 3. The molecule has 2 aromatic carbocycles. The fourth-order valence-electron chi connectivity index (χ4n) is 1.99. The molecule has 7 heteroatoms. The van der Waals surface area contributed by atoms with E-state index >= 15 is 0 Å². The molecule has 0 spiro atoms. The molecule has 23 heavy (non-hydrogen) atoms. The molecule has 3 rings (SSSR count). The molecule has 1 heterocycles. The third-order valence-corrected chi connectivity index (χ3v) is 4.48. The number of aromatic nitrogens is 2. The minimum atomic E-state index is -0.235. The lowest BCUT2D eigenvalue weighted by atomic mass is 10.3. The molecule has 0 saturated heterocycles. The van der Waals surface area contributed by atoms with Crippen LogP contribution in [0.15, 0.2) is 63.8 Å². The van der Waals surface area contributed by atoms with Gasteiger partial charge in [-0.2, -0.15) is 5.10 Å².